The second-order valence-electron chi connectivity index (χ2n) is 14.0. The lowest BCUT2D eigenvalue weighted by atomic mass is 9.97. The Kier molecular flexibility index (Phi) is 7.42. The predicted molar refractivity (Wildman–Crippen MR) is 229 cm³/mol. The van der Waals surface area contributed by atoms with Crippen LogP contribution in [0.2, 0.25) is 0 Å². The molecule has 5 nitrogen and oxygen atoms in total. The molecule has 0 aliphatic rings. The van der Waals surface area contributed by atoms with E-state index in [2.05, 4.69) is 126 Å². The van der Waals surface area contributed by atoms with Gasteiger partial charge >= 0.3 is 0 Å². The van der Waals surface area contributed by atoms with Crippen molar-refractivity contribution in [2.24, 2.45) is 0 Å². The van der Waals surface area contributed by atoms with Crippen LogP contribution in [0.4, 0.5) is 0 Å². The van der Waals surface area contributed by atoms with Gasteiger partial charge < -0.3 is 8.98 Å². The maximum Gasteiger partial charge on any atom is 0.164 e. The van der Waals surface area contributed by atoms with Crippen molar-refractivity contribution in [3.05, 3.63) is 194 Å². The number of para-hydroxylation sites is 1. The molecule has 262 valence electrons. The van der Waals surface area contributed by atoms with Crippen LogP contribution in [0.3, 0.4) is 0 Å². The maximum absolute atomic E-state index is 6.74. The lowest BCUT2D eigenvalue weighted by Gasteiger charge is -2.14. The minimum absolute atomic E-state index is 0.586. The minimum Gasteiger partial charge on any atom is -0.456 e. The Morgan fingerprint density at radius 2 is 0.875 bits per heavy atom. The number of nitrogens with zero attached hydrogens (tertiary/aromatic N) is 4. The van der Waals surface area contributed by atoms with Crippen LogP contribution in [-0.2, 0) is 0 Å². The Hall–Kier alpha value is -7.63. The number of hydrogen-bond donors (Lipinski definition) is 0. The average Bonchev–Trinajstić information content (AvgIpc) is 3.83. The van der Waals surface area contributed by atoms with Crippen molar-refractivity contribution in [3.8, 4) is 62.1 Å². The molecule has 3 heterocycles. The molecule has 11 aromatic rings. The molecule has 0 amide bonds. The molecule has 0 saturated heterocycles. The van der Waals surface area contributed by atoms with Crippen LogP contribution >= 0.6 is 0 Å². The molecule has 11 rings (SSSR count). The van der Waals surface area contributed by atoms with Gasteiger partial charge in [0.25, 0.3) is 0 Å². The molecule has 0 N–H and O–H groups in total. The molecule has 0 bridgehead atoms. The normalized spacial score (nSPS) is 11.6. The van der Waals surface area contributed by atoms with Crippen molar-refractivity contribution in [1.29, 1.82) is 0 Å². The molecule has 0 fully saturated rings. The standard InChI is InChI=1S/C51H32N4O/c1-5-16-33(17-6-1)37-30-38(34-18-7-2-8-19-34)32-39(31-37)55-43-26-14-13-24-40(43)41-28-29-45-47(48(41)55)46-42(25-15-27-44(46)56-45)51-53-49(35-20-9-3-10-21-35)52-50(54-51)36-22-11-4-12-23-36/h1-32H. The second kappa shape index (κ2) is 13.0. The molecule has 0 aliphatic carbocycles. The number of aromatic nitrogens is 4. The highest BCUT2D eigenvalue weighted by molar-refractivity contribution is 6.26. The Bertz CT molecular complexity index is 3110. The average molecular weight is 717 g/mol. The van der Waals surface area contributed by atoms with Crippen molar-refractivity contribution in [3.63, 3.8) is 0 Å². The van der Waals surface area contributed by atoms with Crippen LogP contribution < -0.4 is 0 Å². The molecule has 0 saturated carbocycles. The largest absolute Gasteiger partial charge is 0.456 e. The van der Waals surface area contributed by atoms with Gasteiger partial charge in [-0.05, 0) is 64.7 Å². The van der Waals surface area contributed by atoms with Crippen molar-refractivity contribution in [1.82, 2.24) is 19.5 Å². The van der Waals surface area contributed by atoms with Crippen LogP contribution in [0.15, 0.2) is 199 Å². The zero-order valence-electron chi connectivity index (χ0n) is 30.2. The fourth-order valence-electron chi connectivity index (χ4n) is 8.08. The summed E-state index contributed by atoms with van der Waals surface area (Å²) >= 11 is 0. The third-order valence-electron chi connectivity index (χ3n) is 10.6. The smallest absolute Gasteiger partial charge is 0.164 e. The van der Waals surface area contributed by atoms with Gasteiger partial charge in [0.15, 0.2) is 17.5 Å². The molecule has 3 aromatic heterocycles. The third kappa shape index (κ3) is 5.29. The van der Waals surface area contributed by atoms with Gasteiger partial charge in [-0.1, -0.05) is 152 Å². The van der Waals surface area contributed by atoms with E-state index in [0.29, 0.717) is 17.5 Å². The Balaban J connectivity index is 1.24. The fraction of sp³-hybridized carbons (Fsp3) is 0. The maximum atomic E-state index is 6.74. The first-order valence-electron chi connectivity index (χ1n) is 18.8. The van der Waals surface area contributed by atoms with E-state index in [0.717, 1.165) is 83.0 Å². The highest BCUT2D eigenvalue weighted by Gasteiger charge is 2.23. The first-order chi connectivity index (χ1) is 27.8. The minimum atomic E-state index is 0.586. The number of fused-ring (bicyclic) bond motifs is 7. The van der Waals surface area contributed by atoms with Gasteiger partial charge in [0, 0.05) is 38.5 Å². The van der Waals surface area contributed by atoms with Crippen molar-refractivity contribution in [2.45, 2.75) is 0 Å². The number of benzene rings is 8. The molecule has 0 atom stereocenters. The lowest BCUT2D eigenvalue weighted by molar-refractivity contribution is 0.669. The molecule has 8 aromatic carbocycles. The SMILES string of the molecule is c1ccc(-c2cc(-c3ccccc3)cc(-n3c4ccccc4c4ccc5oc6cccc(-c7nc(-c8ccccc8)nc(-c8ccccc8)n7)c6c5c43)c2)cc1. The van der Waals surface area contributed by atoms with Gasteiger partial charge in [0.05, 0.1) is 16.4 Å². The number of rotatable bonds is 6. The topological polar surface area (TPSA) is 56.7 Å². The molecular weight excluding hydrogens is 685 g/mol. The zero-order valence-corrected chi connectivity index (χ0v) is 30.2. The quantitative estimate of drug-likeness (QED) is 0.172. The summed E-state index contributed by atoms with van der Waals surface area (Å²) in [6.07, 6.45) is 0. The van der Waals surface area contributed by atoms with E-state index in [-0.39, 0.29) is 0 Å². The summed E-state index contributed by atoms with van der Waals surface area (Å²) in [6.45, 7) is 0. The van der Waals surface area contributed by atoms with Crippen molar-refractivity contribution < 1.29 is 4.42 Å². The van der Waals surface area contributed by atoms with Gasteiger partial charge in [-0.2, -0.15) is 0 Å². The van der Waals surface area contributed by atoms with Crippen LogP contribution in [0, 0.1) is 0 Å². The first kappa shape index (κ1) is 31.9. The second-order valence-corrected chi connectivity index (χ2v) is 14.0. The lowest BCUT2D eigenvalue weighted by Crippen LogP contribution is -2.00. The Morgan fingerprint density at radius 1 is 0.357 bits per heavy atom. The molecular formula is C51H32N4O. The van der Waals surface area contributed by atoms with E-state index in [1.54, 1.807) is 0 Å². The van der Waals surface area contributed by atoms with E-state index < -0.39 is 0 Å². The Morgan fingerprint density at radius 3 is 1.48 bits per heavy atom. The molecule has 0 unspecified atom stereocenters. The van der Waals surface area contributed by atoms with Gasteiger partial charge in [-0.25, -0.2) is 15.0 Å². The van der Waals surface area contributed by atoms with Gasteiger partial charge in [-0.3, -0.25) is 0 Å². The Labute approximate surface area is 322 Å². The summed E-state index contributed by atoms with van der Waals surface area (Å²) < 4.78 is 9.15. The zero-order chi connectivity index (χ0) is 37.0. The van der Waals surface area contributed by atoms with Gasteiger partial charge in [0.2, 0.25) is 0 Å². The highest BCUT2D eigenvalue weighted by atomic mass is 16.3. The van der Waals surface area contributed by atoms with Crippen LogP contribution in [0.1, 0.15) is 0 Å². The molecule has 5 heteroatoms. The summed E-state index contributed by atoms with van der Waals surface area (Å²) in [4.78, 5) is 15.3. The number of furan rings is 1. The monoisotopic (exact) mass is 716 g/mol. The summed E-state index contributed by atoms with van der Waals surface area (Å²) in [7, 11) is 0. The van der Waals surface area contributed by atoms with Crippen LogP contribution in [0.5, 0.6) is 0 Å². The number of hydrogen-bond acceptors (Lipinski definition) is 4. The summed E-state index contributed by atoms with van der Waals surface area (Å²) in [6, 6.07) is 67.5. The van der Waals surface area contributed by atoms with Gasteiger partial charge in [-0.15, -0.1) is 0 Å². The van der Waals surface area contributed by atoms with E-state index >= 15 is 0 Å². The highest BCUT2D eigenvalue weighted by Crippen LogP contribution is 2.44. The van der Waals surface area contributed by atoms with E-state index in [4.69, 9.17) is 19.4 Å². The molecule has 0 spiro atoms. The molecule has 0 aliphatic heterocycles. The van der Waals surface area contributed by atoms with Crippen LogP contribution in [0.25, 0.3) is 106 Å². The summed E-state index contributed by atoms with van der Waals surface area (Å²) in [5.41, 5.74) is 12.1. The predicted octanol–water partition coefficient (Wildman–Crippen LogP) is 13.2. The van der Waals surface area contributed by atoms with Crippen molar-refractivity contribution >= 4 is 43.7 Å². The van der Waals surface area contributed by atoms with Crippen molar-refractivity contribution in [2.75, 3.05) is 0 Å². The third-order valence-corrected chi connectivity index (χ3v) is 10.6. The molecule has 56 heavy (non-hydrogen) atoms. The summed E-state index contributed by atoms with van der Waals surface area (Å²) in [5.74, 6) is 1.82. The van der Waals surface area contributed by atoms with E-state index in [9.17, 15) is 0 Å². The van der Waals surface area contributed by atoms with Gasteiger partial charge in [0.1, 0.15) is 11.2 Å². The first-order valence-corrected chi connectivity index (χ1v) is 18.8. The fourth-order valence-corrected chi connectivity index (χ4v) is 8.08. The summed E-state index contributed by atoms with van der Waals surface area (Å²) in [5, 5.41) is 4.28. The van der Waals surface area contributed by atoms with E-state index in [1.807, 2.05) is 72.8 Å². The van der Waals surface area contributed by atoms with E-state index in [1.165, 1.54) is 5.39 Å². The molecule has 0 radical (unpaired) electrons. The van der Waals surface area contributed by atoms with Crippen LogP contribution in [-0.4, -0.2) is 19.5 Å².